The lowest BCUT2D eigenvalue weighted by molar-refractivity contribution is -0.111. The molecule has 2 heterocycles. The van der Waals surface area contributed by atoms with Gasteiger partial charge in [-0.15, -0.1) is 0 Å². The molecule has 0 aliphatic rings. The predicted octanol–water partition coefficient (Wildman–Crippen LogP) is 5.57. The number of benzene rings is 2. The molecule has 0 bridgehead atoms. The van der Waals surface area contributed by atoms with Crippen LogP contribution in [0.4, 0.5) is 5.69 Å². The molecular formula is C24H21N3O. The van der Waals surface area contributed by atoms with E-state index >= 15 is 0 Å². The lowest BCUT2D eigenvalue weighted by Crippen LogP contribution is -2.09. The Morgan fingerprint density at radius 3 is 2.29 bits per heavy atom. The number of allylic oxidation sites excluding steroid dienone is 1. The fourth-order valence-electron chi connectivity index (χ4n) is 3.14. The highest BCUT2D eigenvalue weighted by molar-refractivity contribution is 6.02. The molecule has 0 fully saturated rings. The predicted molar refractivity (Wildman–Crippen MR) is 114 cm³/mol. The first-order valence-electron chi connectivity index (χ1n) is 9.19. The second-order valence-electron chi connectivity index (χ2n) is 6.93. The minimum Gasteiger partial charge on any atom is -0.319 e. The molecule has 1 N–H and O–H groups in total. The lowest BCUT2D eigenvalue weighted by Gasteiger charge is -2.04. The van der Waals surface area contributed by atoms with Crippen LogP contribution in [0.1, 0.15) is 13.8 Å². The molecule has 0 radical (unpaired) electrons. The molecule has 0 unspecified atom stereocenters. The molecule has 0 saturated heterocycles. The maximum Gasteiger partial charge on any atom is 0.248 e. The number of carbonyl (C=O) groups excluding carboxylic acids is 1. The summed E-state index contributed by atoms with van der Waals surface area (Å²) in [5.41, 5.74) is 6.62. The van der Waals surface area contributed by atoms with Crippen LogP contribution < -0.4 is 5.32 Å². The van der Waals surface area contributed by atoms with Gasteiger partial charge in [-0.25, -0.2) is 4.98 Å². The van der Waals surface area contributed by atoms with E-state index in [0.717, 1.165) is 22.5 Å². The van der Waals surface area contributed by atoms with Crippen LogP contribution >= 0.6 is 0 Å². The number of anilines is 1. The third-order valence-electron chi connectivity index (χ3n) is 4.45. The Bertz CT molecular complexity index is 1150. The molecule has 138 valence electrons. The molecule has 0 saturated carbocycles. The molecule has 4 aromatic rings. The zero-order valence-electron chi connectivity index (χ0n) is 15.9. The van der Waals surface area contributed by atoms with E-state index in [2.05, 4.69) is 41.7 Å². The van der Waals surface area contributed by atoms with Crippen molar-refractivity contribution in [2.24, 2.45) is 0 Å². The number of nitrogens with one attached hydrogen (secondary N) is 1. The van der Waals surface area contributed by atoms with Crippen molar-refractivity contribution in [1.29, 1.82) is 0 Å². The third-order valence-corrected chi connectivity index (χ3v) is 4.45. The Morgan fingerprint density at radius 2 is 1.57 bits per heavy atom. The van der Waals surface area contributed by atoms with Gasteiger partial charge in [0.25, 0.3) is 0 Å². The minimum absolute atomic E-state index is 0.148. The van der Waals surface area contributed by atoms with Gasteiger partial charge in [0.05, 0.1) is 11.4 Å². The van der Waals surface area contributed by atoms with Crippen LogP contribution in [0.3, 0.4) is 0 Å². The van der Waals surface area contributed by atoms with Crippen LogP contribution in [-0.2, 0) is 4.79 Å². The minimum atomic E-state index is -0.148. The van der Waals surface area contributed by atoms with E-state index in [1.54, 1.807) is 6.08 Å². The zero-order valence-corrected chi connectivity index (χ0v) is 15.9. The number of aromatic nitrogens is 2. The van der Waals surface area contributed by atoms with E-state index in [1.807, 2.05) is 61.0 Å². The van der Waals surface area contributed by atoms with Gasteiger partial charge in [-0.1, -0.05) is 60.2 Å². The van der Waals surface area contributed by atoms with Gasteiger partial charge in [-0.3, -0.25) is 4.79 Å². The molecule has 4 nitrogen and oxygen atoms in total. The summed E-state index contributed by atoms with van der Waals surface area (Å²) in [6.45, 7) is 3.79. The summed E-state index contributed by atoms with van der Waals surface area (Å²) in [6.07, 6.45) is 5.49. The fraction of sp³-hybridized carbons (Fsp3) is 0.0833. The Labute approximate surface area is 164 Å². The van der Waals surface area contributed by atoms with Gasteiger partial charge in [-0.2, -0.15) is 0 Å². The van der Waals surface area contributed by atoms with Crippen LogP contribution in [0, 0.1) is 0 Å². The summed E-state index contributed by atoms with van der Waals surface area (Å²) in [4.78, 5) is 16.8. The van der Waals surface area contributed by atoms with Crippen LogP contribution in [0.5, 0.6) is 0 Å². The molecule has 2 aromatic carbocycles. The van der Waals surface area contributed by atoms with Crippen molar-refractivity contribution >= 4 is 17.2 Å². The molecule has 2 aromatic heterocycles. The van der Waals surface area contributed by atoms with Crippen molar-refractivity contribution in [3.63, 3.8) is 0 Å². The van der Waals surface area contributed by atoms with E-state index in [4.69, 9.17) is 4.98 Å². The monoisotopic (exact) mass is 367 g/mol. The smallest absolute Gasteiger partial charge is 0.248 e. The molecular weight excluding hydrogens is 346 g/mol. The molecule has 0 spiro atoms. The van der Waals surface area contributed by atoms with Gasteiger partial charge >= 0.3 is 0 Å². The van der Waals surface area contributed by atoms with Crippen molar-refractivity contribution in [1.82, 2.24) is 9.38 Å². The molecule has 0 aliphatic carbocycles. The van der Waals surface area contributed by atoms with Crippen molar-refractivity contribution < 1.29 is 4.79 Å². The summed E-state index contributed by atoms with van der Waals surface area (Å²) >= 11 is 0. The van der Waals surface area contributed by atoms with Crippen molar-refractivity contribution in [3.8, 4) is 22.4 Å². The number of amides is 1. The Morgan fingerprint density at radius 1 is 0.893 bits per heavy atom. The van der Waals surface area contributed by atoms with Crippen LogP contribution in [0.15, 0.2) is 90.8 Å². The van der Waals surface area contributed by atoms with Gasteiger partial charge in [0, 0.05) is 24.0 Å². The van der Waals surface area contributed by atoms with Gasteiger partial charge in [-0.05, 0) is 37.1 Å². The Hall–Kier alpha value is -3.66. The molecule has 0 aliphatic heterocycles. The highest BCUT2D eigenvalue weighted by Gasteiger charge is 2.10. The largest absolute Gasteiger partial charge is 0.319 e. The van der Waals surface area contributed by atoms with E-state index in [-0.39, 0.29) is 5.91 Å². The first-order chi connectivity index (χ1) is 13.6. The first kappa shape index (κ1) is 17.7. The van der Waals surface area contributed by atoms with Crippen molar-refractivity contribution in [3.05, 3.63) is 90.8 Å². The maximum atomic E-state index is 12.1. The number of nitrogens with zero attached hydrogens (tertiary/aromatic N) is 2. The lowest BCUT2D eigenvalue weighted by atomic mass is 10.0. The third kappa shape index (κ3) is 3.71. The van der Waals surface area contributed by atoms with Crippen molar-refractivity contribution in [2.75, 3.05) is 5.32 Å². The average Bonchev–Trinajstić information content (AvgIpc) is 3.14. The van der Waals surface area contributed by atoms with Crippen LogP contribution in [0.2, 0.25) is 0 Å². The van der Waals surface area contributed by atoms with E-state index < -0.39 is 0 Å². The molecule has 4 heteroatoms. The topological polar surface area (TPSA) is 46.4 Å². The number of hydrogen-bond donors (Lipinski definition) is 1. The summed E-state index contributed by atoms with van der Waals surface area (Å²) < 4.78 is 1.93. The van der Waals surface area contributed by atoms with Gasteiger partial charge in [0.1, 0.15) is 0 Å². The van der Waals surface area contributed by atoms with Gasteiger partial charge in [0.2, 0.25) is 5.91 Å². The molecule has 4 rings (SSSR count). The number of imidazole rings is 1. The van der Waals surface area contributed by atoms with E-state index in [9.17, 15) is 4.79 Å². The number of fused-ring (bicyclic) bond motifs is 1. The Kier molecular flexibility index (Phi) is 4.77. The average molecular weight is 367 g/mol. The number of carbonyl (C=O) groups is 1. The van der Waals surface area contributed by atoms with Gasteiger partial charge in [0.15, 0.2) is 5.65 Å². The molecule has 28 heavy (non-hydrogen) atoms. The normalized spacial score (nSPS) is 10.6. The fourth-order valence-corrected chi connectivity index (χ4v) is 3.14. The standard InChI is InChI=1S/C24H21N3O/c1-17(2)15-23(28)25-21-9-6-14-27-16-22(26-24(21)27)20-12-10-19(11-13-20)18-7-4-3-5-8-18/h3-16H,1-2H3,(H,25,28). The van der Waals surface area contributed by atoms with Crippen molar-refractivity contribution in [2.45, 2.75) is 13.8 Å². The molecule has 1 amide bonds. The molecule has 0 atom stereocenters. The summed E-state index contributed by atoms with van der Waals surface area (Å²) in [6, 6.07) is 22.4. The number of hydrogen-bond acceptors (Lipinski definition) is 2. The second-order valence-corrected chi connectivity index (χ2v) is 6.93. The van der Waals surface area contributed by atoms with Gasteiger partial charge < -0.3 is 9.72 Å². The second kappa shape index (κ2) is 7.53. The van der Waals surface area contributed by atoms with Crippen LogP contribution in [-0.4, -0.2) is 15.3 Å². The quantitative estimate of drug-likeness (QED) is 0.479. The van der Waals surface area contributed by atoms with E-state index in [1.165, 1.54) is 11.1 Å². The SMILES string of the molecule is CC(C)=CC(=O)Nc1cccn2cc(-c3ccc(-c4ccccc4)cc3)nc12. The highest BCUT2D eigenvalue weighted by atomic mass is 16.1. The maximum absolute atomic E-state index is 12.1. The first-order valence-corrected chi connectivity index (χ1v) is 9.19. The van der Waals surface area contributed by atoms with E-state index in [0.29, 0.717) is 5.69 Å². The summed E-state index contributed by atoms with van der Waals surface area (Å²) in [7, 11) is 0. The Balaban J connectivity index is 1.66. The zero-order chi connectivity index (χ0) is 19.5. The number of pyridine rings is 1. The highest BCUT2D eigenvalue weighted by Crippen LogP contribution is 2.26. The summed E-state index contributed by atoms with van der Waals surface area (Å²) in [5, 5.41) is 2.91. The number of rotatable bonds is 4. The summed E-state index contributed by atoms with van der Waals surface area (Å²) in [5.74, 6) is -0.148. The van der Waals surface area contributed by atoms with Crippen LogP contribution in [0.25, 0.3) is 28.0 Å².